The number of carbonyl (C=O) groups is 3. The highest BCUT2D eigenvalue weighted by molar-refractivity contribution is 5.85. The van der Waals surface area contributed by atoms with Gasteiger partial charge >= 0.3 is 11.9 Å². The molecule has 7 nitrogen and oxygen atoms in total. The molecule has 2 aromatic carbocycles. The Kier molecular flexibility index (Phi) is 10.6. The molecule has 0 heterocycles. The highest BCUT2D eigenvalue weighted by atomic mass is 16.6. The molecule has 0 amide bonds. The van der Waals surface area contributed by atoms with Gasteiger partial charge in [0.15, 0.2) is 12.4 Å². The number of hydrogen-bond donors (Lipinski definition) is 0. The first kappa shape index (κ1) is 32.9. The Morgan fingerprint density at radius 1 is 0.575 bits per heavy atom. The van der Waals surface area contributed by atoms with Gasteiger partial charge in [-0.25, -0.2) is 4.79 Å². The van der Waals surface area contributed by atoms with Gasteiger partial charge in [-0.3, -0.25) is 9.59 Å². The highest BCUT2D eigenvalue weighted by Crippen LogP contribution is 2.38. The molecule has 0 aliphatic rings. The fraction of sp³-hybridized carbons (Fsp3) is 0.545. The number of hydrogen-bond acceptors (Lipinski definition) is 7. The zero-order chi connectivity index (χ0) is 30.4. The minimum absolute atomic E-state index is 0.00349. The van der Waals surface area contributed by atoms with Gasteiger partial charge in [-0.2, -0.15) is 0 Å². The van der Waals surface area contributed by atoms with Crippen LogP contribution in [-0.4, -0.2) is 42.1 Å². The molecule has 0 radical (unpaired) electrons. The first-order valence-electron chi connectivity index (χ1n) is 13.7. The summed E-state index contributed by atoms with van der Waals surface area (Å²) >= 11 is 0. The zero-order valence-electron chi connectivity index (χ0n) is 25.8. The number of rotatable bonds is 11. The summed E-state index contributed by atoms with van der Waals surface area (Å²) in [7, 11) is 0. The molecule has 2 rings (SSSR count). The van der Waals surface area contributed by atoms with Crippen LogP contribution in [0.15, 0.2) is 48.5 Å². The zero-order valence-corrected chi connectivity index (χ0v) is 25.8. The van der Waals surface area contributed by atoms with Crippen molar-refractivity contribution in [3.63, 3.8) is 0 Å². The quantitative estimate of drug-likeness (QED) is 0.281. The smallest absolute Gasteiger partial charge is 0.344 e. The number of Topliss-reactive ketones (excluding diaryl/α,β-unsaturated/α-hetero) is 1. The van der Waals surface area contributed by atoms with E-state index in [1.807, 2.05) is 98.7 Å². The van der Waals surface area contributed by atoms with Crippen LogP contribution in [0, 0.1) is 5.41 Å². The molecule has 40 heavy (non-hydrogen) atoms. The van der Waals surface area contributed by atoms with Crippen molar-refractivity contribution in [3.8, 4) is 11.5 Å². The molecule has 220 valence electrons. The van der Waals surface area contributed by atoms with Crippen LogP contribution >= 0.6 is 0 Å². The molecule has 0 saturated carbocycles. The van der Waals surface area contributed by atoms with Crippen molar-refractivity contribution in [2.24, 2.45) is 5.41 Å². The van der Waals surface area contributed by atoms with Gasteiger partial charge in [0.05, 0.1) is 0 Å². The van der Waals surface area contributed by atoms with Gasteiger partial charge in [-0.15, -0.1) is 0 Å². The van der Waals surface area contributed by atoms with Crippen molar-refractivity contribution in [2.45, 2.75) is 98.7 Å². The third kappa shape index (κ3) is 10.7. The van der Waals surface area contributed by atoms with Crippen LogP contribution in [0.3, 0.4) is 0 Å². The number of benzene rings is 2. The molecule has 0 aliphatic carbocycles. The lowest BCUT2D eigenvalue weighted by molar-refractivity contribution is -0.157. The van der Waals surface area contributed by atoms with Gasteiger partial charge < -0.3 is 18.9 Å². The van der Waals surface area contributed by atoms with Crippen LogP contribution < -0.4 is 9.47 Å². The van der Waals surface area contributed by atoms with Crippen LogP contribution in [0.25, 0.3) is 0 Å². The maximum absolute atomic E-state index is 12.6. The number of esters is 2. The summed E-state index contributed by atoms with van der Waals surface area (Å²) in [5.74, 6) is 0.452. The van der Waals surface area contributed by atoms with E-state index >= 15 is 0 Å². The first-order valence-corrected chi connectivity index (χ1v) is 13.7. The van der Waals surface area contributed by atoms with Crippen molar-refractivity contribution in [1.29, 1.82) is 0 Å². The van der Waals surface area contributed by atoms with Crippen LogP contribution in [-0.2, 0) is 29.3 Å². The Labute approximate surface area is 239 Å². The lowest BCUT2D eigenvalue weighted by atomic mass is 9.73. The molecule has 0 N–H and O–H groups in total. The summed E-state index contributed by atoms with van der Waals surface area (Å²) in [5, 5.41) is 0. The van der Waals surface area contributed by atoms with E-state index in [-0.39, 0.29) is 31.4 Å². The lowest BCUT2D eigenvalue weighted by Crippen LogP contribution is -2.28. The van der Waals surface area contributed by atoms with Gasteiger partial charge in [0, 0.05) is 17.3 Å². The van der Waals surface area contributed by atoms with E-state index in [0.717, 1.165) is 11.1 Å². The van der Waals surface area contributed by atoms with Gasteiger partial charge in [-0.1, -0.05) is 52.0 Å². The monoisotopic (exact) mass is 554 g/mol. The molecule has 0 bridgehead atoms. The average Bonchev–Trinajstić information content (AvgIpc) is 2.82. The normalized spacial score (nSPS) is 13.7. The van der Waals surface area contributed by atoms with E-state index in [0.29, 0.717) is 17.9 Å². The van der Waals surface area contributed by atoms with Crippen LogP contribution in [0.4, 0.5) is 0 Å². The molecule has 1 unspecified atom stereocenters. The molecular formula is C33H46O7. The van der Waals surface area contributed by atoms with E-state index in [4.69, 9.17) is 18.9 Å². The second-order valence-electron chi connectivity index (χ2n) is 13.3. The summed E-state index contributed by atoms with van der Waals surface area (Å²) in [6.45, 7) is 18.5. The maximum atomic E-state index is 12.6. The van der Waals surface area contributed by atoms with Crippen molar-refractivity contribution in [2.75, 3.05) is 13.2 Å². The number of ketones is 1. The molecule has 2 aromatic rings. The van der Waals surface area contributed by atoms with Crippen molar-refractivity contribution in [1.82, 2.24) is 0 Å². The summed E-state index contributed by atoms with van der Waals surface area (Å²) in [6, 6.07) is 15.1. The molecule has 0 aromatic heterocycles. The van der Waals surface area contributed by atoms with Gasteiger partial charge in [0.2, 0.25) is 0 Å². The standard InChI is InChI=1S/C33H46O7/c1-30(2,3)27(34)21-37-25-15-11-23(12-16-25)33(10,20-19-28(35)39-31(4,5)6)24-13-17-26(18-14-24)38-22-29(36)40-32(7,8)9/h11-18H,19-22H2,1-10H3. The average molecular weight is 555 g/mol. The fourth-order valence-electron chi connectivity index (χ4n) is 3.92. The predicted molar refractivity (Wildman–Crippen MR) is 156 cm³/mol. The fourth-order valence-corrected chi connectivity index (χ4v) is 3.92. The third-order valence-electron chi connectivity index (χ3n) is 6.22. The first-order chi connectivity index (χ1) is 18.3. The van der Waals surface area contributed by atoms with Crippen LogP contribution in [0.5, 0.6) is 11.5 Å². The Morgan fingerprint density at radius 3 is 1.38 bits per heavy atom. The van der Waals surface area contributed by atoms with E-state index in [9.17, 15) is 14.4 Å². The number of carbonyl (C=O) groups excluding carboxylic acids is 3. The topological polar surface area (TPSA) is 88.1 Å². The largest absolute Gasteiger partial charge is 0.486 e. The molecule has 0 aliphatic heterocycles. The minimum atomic E-state index is -0.580. The maximum Gasteiger partial charge on any atom is 0.344 e. The van der Waals surface area contributed by atoms with Gasteiger partial charge in [-0.05, 0) is 83.4 Å². The Hall–Kier alpha value is -3.35. The molecule has 0 fully saturated rings. The van der Waals surface area contributed by atoms with Crippen LogP contribution in [0.2, 0.25) is 0 Å². The lowest BCUT2D eigenvalue weighted by Gasteiger charge is -2.32. The second kappa shape index (κ2) is 12.9. The Morgan fingerprint density at radius 2 is 0.975 bits per heavy atom. The van der Waals surface area contributed by atoms with Crippen LogP contribution in [0.1, 0.15) is 93.2 Å². The van der Waals surface area contributed by atoms with E-state index in [1.165, 1.54) is 0 Å². The minimum Gasteiger partial charge on any atom is -0.486 e. The summed E-state index contributed by atoms with van der Waals surface area (Å²) in [6.07, 6.45) is 0.728. The molecule has 1 atom stereocenters. The molecule has 7 heteroatoms. The summed E-state index contributed by atoms with van der Waals surface area (Å²) < 4.78 is 22.2. The highest BCUT2D eigenvalue weighted by Gasteiger charge is 2.31. The van der Waals surface area contributed by atoms with Crippen molar-refractivity contribution < 1.29 is 33.3 Å². The van der Waals surface area contributed by atoms with Gasteiger partial charge in [0.25, 0.3) is 0 Å². The summed E-state index contributed by atoms with van der Waals surface area (Å²) in [4.78, 5) is 36.9. The van der Waals surface area contributed by atoms with E-state index < -0.39 is 28.0 Å². The van der Waals surface area contributed by atoms with E-state index in [1.54, 1.807) is 12.1 Å². The van der Waals surface area contributed by atoms with E-state index in [2.05, 4.69) is 6.92 Å². The molecule has 0 spiro atoms. The van der Waals surface area contributed by atoms with Gasteiger partial charge in [0.1, 0.15) is 29.3 Å². The SMILES string of the molecule is CC(C)(C)OC(=O)CCC(C)(c1ccc(OCC(=O)OC(C)(C)C)cc1)c1ccc(OCC(=O)C(C)(C)C)cc1. The number of ether oxygens (including phenoxy) is 4. The third-order valence-corrected chi connectivity index (χ3v) is 6.22. The second-order valence-corrected chi connectivity index (χ2v) is 13.3. The summed E-state index contributed by atoms with van der Waals surface area (Å²) in [5.41, 5.74) is -0.207. The predicted octanol–water partition coefficient (Wildman–Crippen LogP) is 6.83. The van der Waals surface area contributed by atoms with Crippen molar-refractivity contribution in [3.05, 3.63) is 59.7 Å². The van der Waals surface area contributed by atoms with Crippen molar-refractivity contribution >= 4 is 17.7 Å². The Balaban J connectivity index is 2.25. The molecule has 0 saturated heterocycles. The Bertz CT molecular complexity index is 1140. The molecular weight excluding hydrogens is 508 g/mol.